The lowest BCUT2D eigenvalue weighted by molar-refractivity contribution is -0.136. The molecule has 1 heterocycles. The molecule has 0 radical (unpaired) electrons. The number of carbonyl (C=O) groups excluding carboxylic acids is 2. The van der Waals surface area contributed by atoms with Crippen molar-refractivity contribution in [3.63, 3.8) is 0 Å². The van der Waals surface area contributed by atoms with Gasteiger partial charge in [0.25, 0.3) is 0 Å². The Kier molecular flexibility index (Phi) is 4.57. The molecule has 0 aliphatic carbocycles. The topological polar surface area (TPSA) is 74.0 Å². The third-order valence-electron chi connectivity index (χ3n) is 4.30. The number of hydrogen-bond donors (Lipinski definition) is 3. The van der Waals surface area contributed by atoms with Gasteiger partial charge in [0.1, 0.15) is 0 Å². The minimum absolute atomic E-state index is 0.249. The van der Waals surface area contributed by atoms with Crippen molar-refractivity contribution in [2.45, 2.75) is 26.8 Å². The number of amides is 2. The first-order valence-corrected chi connectivity index (χ1v) is 8.21. The molecule has 0 fully saturated rings. The second-order valence-corrected chi connectivity index (χ2v) is 6.25. The van der Waals surface area contributed by atoms with Gasteiger partial charge in [-0.05, 0) is 50.1 Å². The van der Waals surface area contributed by atoms with Gasteiger partial charge in [0, 0.05) is 17.1 Å². The summed E-state index contributed by atoms with van der Waals surface area (Å²) in [6, 6.07) is 13.2. The highest BCUT2D eigenvalue weighted by atomic mass is 16.2. The molecular formula is C20H21N3O2. The van der Waals surface area contributed by atoms with Gasteiger partial charge < -0.3 is 15.6 Å². The van der Waals surface area contributed by atoms with Crippen LogP contribution in [0.1, 0.15) is 29.7 Å². The third kappa shape index (κ3) is 3.55. The van der Waals surface area contributed by atoms with Crippen molar-refractivity contribution in [3.8, 4) is 0 Å². The molecule has 0 spiro atoms. The molecule has 128 valence electrons. The van der Waals surface area contributed by atoms with Crippen LogP contribution in [0, 0.1) is 13.8 Å². The maximum absolute atomic E-state index is 12.3. The van der Waals surface area contributed by atoms with Crippen molar-refractivity contribution in [2.24, 2.45) is 0 Å². The monoisotopic (exact) mass is 335 g/mol. The first-order chi connectivity index (χ1) is 12.0. The van der Waals surface area contributed by atoms with Crippen molar-refractivity contribution >= 4 is 28.4 Å². The summed E-state index contributed by atoms with van der Waals surface area (Å²) in [5.74, 6) is -1.33. The van der Waals surface area contributed by atoms with Gasteiger partial charge in [0.2, 0.25) is 0 Å². The van der Waals surface area contributed by atoms with E-state index in [1.54, 1.807) is 12.3 Å². The standard InChI is InChI=1S/C20H21N3O2/c1-12-7-8-13(2)16(11-12)14(3)22-19(24)20(25)23-18-6-4-5-17-15(18)9-10-21-17/h4-11,14,21H,1-3H3,(H,22,24)(H,23,25)/t14-/m1/s1. The predicted octanol–water partition coefficient (Wildman–Crippen LogP) is 3.60. The summed E-state index contributed by atoms with van der Waals surface area (Å²) in [5, 5.41) is 6.32. The van der Waals surface area contributed by atoms with Crippen molar-refractivity contribution in [1.82, 2.24) is 10.3 Å². The van der Waals surface area contributed by atoms with E-state index in [0.29, 0.717) is 5.69 Å². The molecule has 2 aromatic carbocycles. The second-order valence-electron chi connectivity index (χ2n) is 6.25. The molecule has 1 aromatic heterocycles. The van der Waals surface area contributed by atoms with Crippen molar-refractivity contribution < 1.29 is 9.59 Å². The number of anilines is 1. The van der Waals surface area contributed by atoms with E-state index in [-0.39, 0.29) is 6.04 Å². The Balaban J connectivity index is 1.71. The minimum atomic E-state index is -0.675. The van der Waals surface area contributed by atoms with E-state index in [4.69, 9.17) is 0 Å². The highest BCUT2D eigenvalue weighted by Gasteiger charge is 2.19. The Hall–Kier alpha value is -3.08. The van der Waals surface area contributed by atoms with Gasteiger partial charge in [-0.1, -0.05) is 29.8 Å². The molecule has 3 rings (SSSR count). The lowest BCUT2D eigenvalue weighted by Crippen LogP contribution is -2.37. The second kappa shape index (κ2) is 6.81. The maximum atomic E-state index is 12.3. The molecule has 0 aliphatic rings. The Morgan fingerprint density at radius 3 is 2.64 bits per heavy atom. The van der Waals surface area contributed by atoms with Crippen LogP contribution in [-0.4, -0.2) is 16.8 Å². The van der Waals surface area contributed by atoms with Gasteiger partial charge in [0.05, 0.1) is 11.7 Å². The van der Waals surface area contributed by atoms with Crippen LogP contribution in [0.4, 0.5) is 5.69 Å². The normalized spacial score (nSPS) is 12.0. The number of hydrogen-bond acceptors (Lipinski definition) is 2. The van der Waals surface area contributed by atoms with Crippen LogP contribution in [0.2, 0.25) is 0 Å². The molecule has 3 N–H and O–H groups in total. The molecule has 0 saturated heterocycles. The van der Waals surface area contributed by atoms with Crippen LogP contribution in [-0.2, 0) is 9.59 Å². The average Bonchev–Trinajstić information content (AvgIpc) is 3.06. The lowest BCUT2D eigenvalue weighted by Gasteiger charge is -2.17. The number of rotatable bonds is 3. The quantitative estimate of drug-likeness (QED) is 0.640. The zero-order chi connectivity index (χ0) is 18.0. The minimum Gasteiger partial charge on any atom is -0.361 e. The van der Waals surface area contributed by atoms with Crippen LogP contribution in [0.25, 0.3) is 10.9 Å². The van der Waals surface area contributed by atoms with Crippen molar-refractivity contribution in [1.29, 1.82) is 0 Å². The van der Waals surface area contributed by atoms with Crippen LogP contribution in [0.5, 0.6) is 0 Å². The summed E-state index contributed by atoms with van der Waals surface area (Å²) < 4.78 is 0. The van der Waals surface area contributed by atoms with Crippen LogP contribution >= 0.6 is 0 Å². The number of benzene rings is 2. The molecule has 25 heavy (non-hydrogen) atoms. The first-order valence-electron chi connectivity index (χ1n) is 8.21. The maximum Gasteiger partial charge on any atom is 0.313 e. The van der Waals surface area contributed by atoms with Crippen molar-refractivity contribution in [2.75, 3.05) is 5.32 Å². The molecule has 5 heteroatoms. The van der Waals surface area contributed by atoms with E-state index < -0.39 is 11.8 Å². The zero-order valence-corrected chi connectivity index (χ0v) is 14.5. The molecule has 0 bridgehead atoms. The number of nitrogens with one attached hydrogen (secondary N) is 3. The van der Waals surface area contributed by atoms with E-state index in [0.717, 1.165) is 27.6 Å². The lowest BCUT2D eigenvalue weighted by atomic mass is 10.00. The highest BCUT2D eigenvalue weighted by molar-refractivity contribution is 6.40. The Morgan fingerprint density at radius 1 is 1.04 bits per heavy atom. The number of fused-ring (bicyclic) bond motifs is 1. The fourth-order valence-electron chi connectivity index (χ4n) is 2.94. The van der Waals surface area contributed by atoms with Crippen LogP contribution in [0.3, 0.4) is 0 Å². The van der Waals surface area contributed by atoms with Gasteiger partial charge in [-0.2, -0.15) is 0 Å². The number of aryl methyl sites for hydroxylation is 2. The largest absolute Gasteiger partial charge is 0.361 e. The Labute approximate surface area is 146 Å². The highest BCUT2D eigenvalue weighted by Crippen LogP contribution is 2.22. The molecular weight excluding hydrogens is 314 g/mol. The van der Waals surface area contributed by atoms with E-state index in [2.05, 4.69) is 15.6 Å². The summed E-state index contributed by atoms with van der Waals surface area (Å²) in [6.45, 7) is 5.87. The number of carbonyl (C=O) groups is 2. The Bertz CT molecular complexity index is 943. The SMILES string of the molecule is Cc1ccc(C)c([C@@H](C)NC(=O)C(=O)Nc2cccc3[nH]ccc23)c1. The number of aromatic amines is 1. The van der Waals surface area contributed by atoms with E-state index in [1.165, 1.54) is 0 Å². The number of H-pyrrole nitrogens is 1. The molecule has 5 nitrogen and oxygen atoms in total. The van der Waals surface area contributed by atoms with Crippen molar-refractivity contribution in [3.05, 3.63) is 65.4 Å². The predicted molar refractivity (Wildman–Crippen MR) is 99.4 cm³/mol. The fourth-order valence-corrected chi connectivity index (χ4v) is 2.94. The van der Waals surface area contributed by atoms with Gasteiger partial charge in [0.15, 0.2) is 0 Å². The first kappa shape index (κ1) is 16.8. The van der Waals surface area contributed by atoms with E-state index >= 15 is 0 Å². The van der Waals surface area contributed by atoms with Gasteiger partial charge in [-0.25, -0.2) is 0 Å². The average molecular weight is 335 g/mol. The Morgan fingerprint density at radius 2 is 1.84 bits per heavy atom. The van der Waals surface area contributed by atoms with Crippen LogP contribution in [0.15, 0.2) is 48.7 Å². The summed E-state index contributed by atoms with van der Waals surface area (Å²) in [7, 11) is 0. The summed E-state index contributed by atoms with van der Waals surface area (Å²) in [4.78, 5) is 27.6. The molecule has 2 amide bonds. The van der Waals surface area contributed by atoms with Crippen LogP contribution < -0.4 is 10.6 Å². The summed E-state index contributed by atoms with van der Waals surface area (Å²) in [5.41, 5.74) is 4.72. The van der Waals surface area contributed by atoms with Gasteiger partial charge in [-0.3, -0.25) is 9.59 Å². The van der Waals surface area contributed by atoms with E-state index in [9.17, 15) is 9.59 Å². The number of aromatic nitrogens is 1. The van der Waals surface area contributed by atoms with Gasteiger partial charge in [-0.15, -0.1) is 0 Å². The summed E-state index contributed by atoms with van der Waals surface area (Å²) in [6.07, 6.45) is 1.79. The summed E-state index contributed by atoms with van der Waals surface area (Å²) >= 11 is 0. The molecule has 3 aromatic rings. The van der Waals surface area contributed by atoms with E-state index in [1.807, 2.05) is 57.2 Å². The molecule has 0 unspecified atom stereocenters. The van der Waals surface area contributed by atoms with Gasteiger partial charge >= 0.3 is 11.8 Å². The smallest absolute Gasteiger partial charge is 0.313 e. The molecule has 0 aliphatic heterocycles. The fraction of sp³-hybridized carbons (Fsp3) is 0.200. The third-order valence-corrected chi connectivity index (χ3v) is 4.30. The zero-order valence-electron chi connectivity index (χ0n) is 14.5. The molecule has 0 saturated carbocycles. The molecule has 1 atom stereocenters.